The van der Waals surface area contributed by atoms with Crippen molar-refractivity contribution in [2.24, 2.45) is 0 Å². The van der Waals surface area contributed by atoms with Crippen LogP contribution in [0.2, 0.25) is 0 Å². The number of hydrogen-bond acceptors (Lipinski definition) is 2. The Bertz CT molecular complexity index is 459. The van der Waals surface area contributed by atoms with Crippen molar-refractivity contribution in [3.8, 4) is 0 Å². The van der Waals surface area contributed by atoms with Gasteiger partial charge in [0.25, 0.3) is 5.91 Å². The number of benzene rings is 1. The zero-order chi connectivity index (χ0) is 14.8. The van der Waals surface area contributed by atoms with E-state index in [9.17, 15) is 4.79 Å². The molecule has 1 atom stereocenters. The van der Waals surface area contributed by atoms with E-state index in [1.807, 2.05) is 17.0 Å². The molecule has 1 unspecified atom stereocenters. The van der Waals surface area contributed by atoms with Gasteiger partial charge in [0.15, 0.2) is 0 Å². The third-order valence-electron chi connectivity index (χ3n) is 4.06. The molecular weight excluding hydrogens is 248 g/mol. The molecule has 1 aromatic rings. The standard InChI is InChI=1S/C17H26N2O/c1-13-9-10-18-11-12-19(13)16(20)14-5-7-15(8-6-14)17(2,3)4/h5-8,13,18H,9-12H2,1-4H3. The summed E-state index contributed by atoms with van der Waals surface area (Å²) in [7, 11) is 0. The second kappa shape index (κ2) is 5.96. The van der Waals surface area contributed by atoms with Gasteiger partial charge in [-0.2, -0.15) is 0 Å². The van der Waals surface area contributed by atoms with Gasteiger partial charge < -0.3 is 10.2 Å². The minimum atomic E-state index is 0.126. The molecule has 0 bridgehead atoms. The monoisotopic (exact) mass is 274 g/mol. The van der Waals surface area contributed by atoms with E-state index in [-0.39, 0.29) is 11.3 Å². The molecule has 3 heteroatoms. The number of carbonyl (C=O) groups is 1. The summed E-state index contributed by atoms with van der Waals surface area (Å²) in [4.78, 5) is 14.6. The van der Waals surface area contributed by atoms with Crippen LogP contribution in [0, 0.1) is 0 Å². The highest BCUT2D eigenvalue weighted by Gasteiger charge is 2.23. The molecule has 0 aromatic heterocycles. The normalized spacial score (nSPS) is 20.6. The van der Waals surface area contributed by atoms with Crippen molar-refractivity contribution in [3.05, 3.63) is 35.4 Å². The Kier molecular flexibility index (Phi) is 4.48. The van der Waals surface area contributed by atoms with Crippen LogP contribution in [0.15, 0.2) is 24.3 Å². The predicted octanol–water partition coefficient (Wildman–Crippen LogP) is 2.81. The topological polar surface area (TPSA) is 32.3 Å². The lowest BCUT2D eigenvalue weighted by atomic mass is 9.86. The molecule has 20 heavy (non-hydrogen) atoms. The zero-order valence-electron chi connectivity index (χ0n) is 13.1. The van der Waals surface area contributed by atoms with E-state index in [0.717, 1.165) is 31.6 Å². The molecule has 1 aliphatic heterocycles. The Morgan fingerprint density at radius 1 is 1.20 bits per heavy atom. The first-order chi connectivity index (χ1) is 9.39. The van der Waals surface area contributed by atoms with Gasteiger partial charge in [0.05, 0.1) is 0 Å². The molecule has 1 N–H and O–H groups in total. The summed E-state index contributed by atoms with van der Waals surface area (Å²) in [5.41, 5.74) is 2.19. The summed E-state index contributed by atoms with van der Waals surface area (Å²) in [5.74, 6) is 0.154. The van der Waals surface area contributed by atoms with E-state index in [0.29, 0.717) is 6.04 Å². The average Bonchev–Trinajstić information content (AvgIpc) is 2.62. The van der Waals surface area contributed by atoms with Gasteiger partial charge in [0.2, 0.25) is 0 Å². The maximum atomic E-state index is 12.6. The summed E-state index contributed by atoms with van der Waals surface area (Å²) < 4.78 is 0. The molecule has 0 spiro atoms. The van der Waals surface area contributed by atoms with Crippen LogP contribution >= 0.6 is 0 Å². The van der Waals surface area contributed by atoms with Gasteiger partial charge in [0.1, 0.15) is 0 Å². The molecule has 1 heterocycles. The highest BCUT2D eigenvalue weighted by molar-refractivity contribution is 5.94. The van der Waals surface area contributed by atoms with Crippen molar-refractivity contribution in [1.29, 1.82) is 0 Å². The number of hydrogen-bond donors (Lipinski definition) is 1. The fourth-order valence-electron chi connectivity index (χ4n) is 2.59. The Labute approximate surface area is 122 Å². The van der Waals surface area contributed by atoms with Gasteiger partial charge in [-0.15, -0.1) is 0 Å². The minimum Gasteiger partial charge on any atom is -0.335 e. The van der Waals surface area contributed by atoms with Gasteiger partial charge in [0, 0.05) is 24.7 Å². The molecule has 110 valence electrons. The zero-order valence-corrected chi connectivity index (χ0v) is 13.1. The van der Waals surface area contributed by atoms with E-state index in [1.54, 1.807) is 0 Å². The van der Waals surface area contributed by atoms with Crippen LogP contribution in [-0.2, 0) is 5.41 Å². The van der Waals surface area contributed by atoms with Crippen LogP contribution in [-0.4, -0.2) is 36.5 Å². The summed E-state index contributed by atoms with van der Waals surface area (Å²) in [6, 6.07) is 8.39. The van der Waals surface area contributed by atoms with Gasteiger partial charge in [-0.05, 0) is 43.0 Å². The number of rotatable bonds is 1. The molecule has 1 saturated heterocycles. The molecule has 1 fully saturated rings. The number of amides is 1. The van der Waals surface area contributed by atoms with E-state index >= 15 is 0 Å². The van der Waals surface area contributed by atoms with Crippen LogP contribution in [0.5, 0.6) is 0 Å². The van der Waals surface area contributed by atoms with Crippen LogP contribution in [0.4, 0.5) is 0 Å². The Hall–Kier alpha value is -1.35. The van der Waals surface area contributed by atoms with Crippen LogP contribution in [0.3, 0.4) is 0 Å². The first-order valence-corrected chi connectivity index (χ1v) is 7.52. The Balaban J connectivity index is 2.16. The minimum absolute atomic E-state index is 0.126. The highest BCUT2D eigenvalue weighted by Crippen LogP contribution is 2.23. The van der Waals surface area contributed by atoms with Gasteiger partial charge in [-0.25, -0.2) is 0 Å². The lowest BCUT2D eigenvalue weighted by Crippen LogP contribution is -2.39. The van der Waals surface area contributed by atoms with Gasteiger partial charge in [-0.1, -0.05) is 32.9 Å². The molecule has 0 radical (unpaired) electrons. The first-order valence-electron chi connectivity index (χ1n) is 7.52. The Morgan fingerprint density at radius 3 is 2.45 bits per heavy atom. The third-order valence-corrected chi connectivity index (χ3v) is 4.06. The quantitative estimate of drug-likeness (QED) is 0.854. The fraction of sp³-hybridized carbons (Fsp3) is 0.588. The number of carbonyl (C=O) groups excluding carboxylic acids is 1. The lowest BCUT2D eigenvalue weighted by Gasteiger charge is -2.27. The first kappa shape index (κ1) is 15.0. The maximum absolute atomic E-state index is 12.6. The van der Waals surface area contributed by atoms with Crippen molar-refractivity contribution in [2.45, 2.75) is 45.6 Å². The molecule has 1 aliphatic rings. The summed E-state index contributed by atoms with van der Waals surface area (Å²) in [6.45, 7) is 11.4. The van der Waals surface area contributed by atoms with Crippen molar-refractivity contribution in [3.63, 3.8) is 0 Å². The summed E-state index contributed by atoms with van der Waals surface area (Å²) >= 11 is 0. The molecule has 3 nitrogen and oxygen atoms in total. The number of nitrogens with zero attached hydrogens (tertiary/aromatic N) is 1. The molecule has 2 rings (SSSR count). The third kappa shape index (κ3) is 3.40. The number of nitrogens with one attached hydrogen (secondary N) is 1. The van der Waals surface area contributed by atoms with Crippen molar-refractivity contribution in [2.75, 3.05) is 19.6 Å². The Morgan fingerprint density at radius 2 is 1.85 bits per heavy atom. The predicted molar refractivity (Wildman–Crippen MR) is 83.1 cm³/mol. The van der Waals surface area contributed by atoms with Crippen LogP contribution in [0.25, 0.3) is 0 Å². The van der Waals surface area contributed by atoms with E-state index in [2.05, 4.69) is 45.1 Å². The molecule has 1 aromatic carbocycles. The molecule has 1 amide bonds. The highest BCUT2D eigenvalue weighted by atomic mass is 16.2. The van der Waals surface area contributed by atoms with Gasteiger partial charge >= 0.3 is 0 Å². The maximum Gasteiger partial charge on any atom is 0.254 e. The van der Waals surface area contributed by atoms with Gasteiger partial charge in [-0.3, -0.25) is 4.79 Å². The van der Waals surface area contributed by atoms with Crippen LogP contribution in [0.1, 0.15) is 50.0 Å². The SMILES string of the molecule is CC1CCNCCN1C(=O)c1ccc(C(C)(C)C)cc1. The average molecular weight is 274 g/mol. The second-order valence-corrected chi connectivity index (χ2v) is 6.71. The van der Waals surface area contributed by atoms with Crippen LogP contribution < -0.4 is 5.32 Å². The fourth-order valence-corrected chi connectivity index (χ4v) is 2.59. The summed E-state index contributed by atoms with van der Waals surface area (Å²) in [5, 5.41) is 3.35. The molecular formula is C17H26N2O. The molecule has 0 aliphatic carbocycles. The van der Waals surface area contributed by atoms with E-state index in [4.69, 9.17) is 0 Å². The lowest BCUT2D eigenvalue weighted by molar-refractivity contribution is 0.0704. The largest absolute Gasteiger partial charge is 0.335 e. The van der Waals surface area contributed by atoms with Crippen molar-refractivity contribution in [1.82, 2.24) is 10.2 Å². The second-order valence-electron chi connectivity index (χ2n) is 6.71. The smallest absolute Gasteiger partial charge is 0.254 e. The summed E-state index contributed by atoms with van der Waals surface area (Å²) in [6.07, 6.45) is 1.02. The van der Waals surface area contributed by atoms with E-state index < -0.39 is 0 Å². The molecule has 0 saturated carbocycles. The van der Waals surface area contributed by atoms with E-state index in [1.165, 1.54) is 5.56 Å². The van der Waals surface area contributed by atoms with Crippen molar-refractivity contribution < 1.29 is 4.79 Å². The van der Waals surface area contributed by atoms with Crippen molar-refractivity contribution >= 4 is 5.91 Å².